The highest BCUT2D eigenvalue weighted by molar-refractivity contribution is 7.91. The third-order valence-corrected chi connectivity index (χ3v) is 8.55. The number of hydrogen-bond donors (Lipinski definition) is 3. The fraction of sp³-hybridized carbons (Fsp3) is 0.500. The zero-order chi connectivity index (χ0) is 21.1. The summed E-state index contributed by atoms with van der Waals surface area (Å²) in [7, 11) is -3.63. The minimum Gasteiger partial charge on any atom is -0.394 e. The molecular weight excluding hydrogens is 426 g/mol. The summed E-state index contributed by atoms with van der Waals surface area (Å²) in [6.45, 7) is 2.75. The number of nitrogens with zero attached hydrogens (tertiary/aromatic N) is 2. The van der Waals surface area contributed by atoms with Crippen molar-refractivity contribution in [1.29, 1.82) is 0 Å². The molecule has 0 amide bonds. The molecule has 2 aliphatic rings. The van der Waals surface area contributed by atoms with Gasteiger partial charge in [-0.15, -0.1) is 11.3 Å². The van der Waals surface area contributed by atoms with E-state index in [1.54, 1.807) is 17.5 Å². The summed E-state index contributed by atoms with van der Waals surface area (Å²) >= 11 is 1.15. The van der Waals surface area contributed by atoms with Crippen LogP contribution < -0.4 is 9.62 Å². The number of aliphatic hydroxyl groups excluding tert-OH is 2. The summed E-state index contributed by atoms with van der Waals surface area (Å²) in [6, 6.07) is 13.0. The molecule has 3 heterocycles. The highest BCUT2D eigenvalue weighted by Gasteiger charge is 2.47. The van der Waals surface area contributed by atoms with Crippen molar-refractivity contribution in [1.82, 2.24) is 9.62 Å². The summed E-state index contributed by atoms with van der Waals surface area (Å²) in [5.41, 5.74) is 1.16. The number of para-hydroxylation sites is 1. The second-order valence-corrected chi connectivity index (χ2v) is 10.5. The van der Waals surface area contributed by atoms with E-state index in [1.807, 2.05) is 18.2 Å². The number of aliphatic hydroxyl groups is 2. The molecule has 2 saturated heterocycles. The van der Waals surface area contributed by atoms with E-state index in [0.29, 0.717) is 13.1 Å². The van der Waals surface area contributed by atoms with Gasteiger partial charge in [-0.3, -0.25) is 4.90 Å². The van der Waals surface area contributed by atoms with Crippen molar-refractivity contribution >= 4 is 27.0 Å². The Hall–Kier alpha value is -1.53. The standard InChI is InChI=1S/C20H27N3O5S2/c24-14-17-20(25)19(16(28-17)13-21-30(26,27)18-7-4-12-29-18)23-10-8-22(9-11-23)15-5-2-1-3-6-15/h1-7,12,16-17,19-21,24-25H,8-11,13-14H2/t16-,17+,19-,20-/m1/s1. The molecule has 3 N–H and O–H groups in total. The van der Waals surface area contributed by atoms with E-state index in [1.165, 1.54) is 0 Å². The lowest BCUT2D eigenvalue weighted by atomic mass is 10.0. The van der Waals surface area contributed by atoms with Gasteiger partial charge in [0.05, 0.1) is 18.8 Å². The van der Waals surface area contributed by atoms with Crippen molar-refractivity contribution in [3.8, 4) is 0 Å². The maximum atomic E-state index is 12.5. The SMILES string of the molecule is O=S(=O)(NC[C@H]1O[C@@H](CO)[C@@H](O)[C@@H]1N1CCN(c2ccccc2)CC1)c1cccs1. The second-order valence-electron chi connectivity index (χ2n) is 7.52. The number of rotatable bonds is 7. The van der Waals surface area contributed by atoms with Crippen molar-refractivity contribution in [3.05, 3.63) is 47.8 Å². The molecule has 0 saturated carbocycles. The number of nitrogens with one attached hydrogen (secondary N) is 1. The lowest BCUT2D eigenvalue weighted by Crippen LogP contribution is -2.57. The number of ether oxygens (including phenoxy) is 1. The van der Waals surface area contributed by atoms with Crippen LogP contribution in [0, 0.1) is 0 Å². The molecule has 0 unspecified atom stereocenters. The number of piperazine rings is 1. The van der Waals surface area contributed by atoms with E-state index in [9.17, 15) is 18.6 Å². The molecule has 4 rings (SSSR count). The van der Waals surface area contributed by atoms with Crippen molar-refractivity contribution in [2.75, 3.05) is 44.2 Å². The smallest absolute Gasteiger partial charge is 0.250 e. The molecule has 0 bridgehead atoms. The van der Waals surface area contributed by atoms with Gasteiger partial charge in [0.25, 0.3) is 0 Å². The van der Waals surface area contributed by atoms with Crippen LogP contribution in [0.4, 0.5) is 5.69 Å². The first-order valence-corrected chi connectivity index (χ1v) is 12.4. The minimum absolute atomic E-state index is 0.0390. The Morgan fingerprint density at radius 2 is 1.80 bits per heavy atom. The van der Waals surface area contributed by atoms with Crippen LogP contribution in [0.1, 0.15) is 0 Å². The summed E-state index contributed by atoms with van der Waals surface area (Å²) < 4.78 is 33.6. The molecule has 0 radical (unpaired) electrons. The Balaban J connectivity index is 1.42. The molecule has 2 fully saturated rings. The maximum absolute atomic E-state index is 12.5. The zero-order valence-corrected chi connectivity index (χ0v) is 18.1. The van der Waals surface area contributed by atoms with Crippen LogP contribution in [0.5, 0.6) is 0 Å². The monoisotopic (exact) mass is 453 g/mol. The molecule has 0 spiro atoms. The van der Waals surface area contributed by atoms with Crippen molar-refractivity contribution in [2.45, 2.75) is 28.6 Å². The summed E-state index contributed by atoms with van der Waals surface area (Å²) in [5.74, 6) is 0. The average molecular weight is 454 g/mol. The Labute approximate surface area is 180 Å². The first kappa shape index (κ1) is 21.7. The van der Waals surface area contributed by atoms with Gasteiger partial charge in [-0.25, -0.2) is 13.1 Å². The number of anilines is 1. The highest BCUT2D eigenvalue weighted by atomic mass is 32.2. The molecule has 1 aromatic heterocycles. The molecule has 8 nitrogen and oxygen atoms in total. The molecule has 10 heteroatoms. The topological polar surface area (TPSA) is 102 Å². The van der Waals surface area contributed by atoms with Crippen molar-refractivity contribution in [3.63, 3.8) is 0 Å². The fourth-order valence-corrected chi connectivity index (χ4v) is 6.28. The van der Waals surface area contributed by atoms with E-state index >= 15 is 0 Å². The van der Waals surface area contributed by atoms with Gasteiger partial charge in [0, 0.05) is 38.4 Å². The van der Waals surface area contributed by atoms with Crippen molar-refractivity contribution in [2.24, 2.45) is 0 Å². The first-order valence-electron chi connectivity index (χ1n) is 10.0. The van der Waals surface area contributed by atoms with Crippen LogP contribution in [0.15, 0.2) is 52.1 Å². The van der Waals surface area contributed by atoms with Crippen LogP contribution >= 0.6 is 11.3 Å². The average Bonchev–Trinajstić information content (AvgIpc) is 3.42. The predicted octanol–water partition coefficient (Wildman–Crippen LogP) is 0.338. The van der Waals surface area contributed by atoms with Gasteiger partial charge < -0.3 is 19.8 Å². The van der Waals surface area contributed by atoms with E-state index in [0.717, 1.165) is 30.1 Å². The lowest BCUT2D eigenvalue weighted by Gasteiger charge is -2.41. The second kappa shape index (κ2) is 9.31. The molecule has 164 valence electrons. The zero-order valence-electron chi connectivity index (χ0n) is 16.5. The number of thiophene rings is 1. The Kier molecular flexibility index (Phi) is 6.73. The summed E-state index contributed by atoms with van der Waals surface area (Å²) in [6.07, 6.45) is -2.15. The lowest BCUT2D eigenvalue weighted by molar-refractivity contribution is -0.0201. The van der Waals surface area contributed by atoms with Gasteiger partial charge in [0.2, 0.25) is 10.0 Å². The molecule has 0 aliphatic carbocycles. The number of sulfonamides is 1. The Morgan fingerprint density at radius 3 is 2.43 bits per heavy atom. The quantitative estimate of drug-likeness (QED) is 0.556. The van der Waals surface area contributed by atoms with Crippen LogP contribution in [-0.4, -0.2) is 87.2 Å². The normalized spacial score (nSPS) is 28.1. The molecule has 1 aromatic carbocycles. The number of benzene rings is 1. The first-order chi connectivity index (χ1) is 14.5. The maximum Gasteiger partial charge on any atom is 0.250 e. The van der Waals surface area contributed by atoms with Crippen LogP contribution in [0.2, 0.25) is 0 Å². The molecular formula is C20H27N3O5S2. The van der Waals surface area contributed by atoms with Gasteiger partial charge >= 0.3 is 0 Å². The molecule has 2 aliphatic heterocycles. The number of hydrogen-bond acceptors (Lipinski definition) is 8. The van der Waals surface area contributed by atoms with Crippen LogP contribution in [0.25, 0.3) is 0 Å². The predicted molar refractivity (Wildman–Crippen MR) is 115 cm³/mol. The van der Waals surface area contributed by atoms with E-state index in [-0.39, 0.29) is 23.4 Å². The highest BCUT2D eigenvalue weighted by Crippen LogP contribution is 2.28. The summed E-state index contributed by atoms with van der Waals surface area (Å²) in [4.78, 5) is 4.43. The van der Waals surface area contributed by atoms with Gasteiger partial charge in [-0.1, -0.05) is 24.3 Å². The molecule has 2 aromatic rings. The third kappa shape index (κ3) is 4.54. The molecule has 30 heavy (non-hydrogen) atoms. The van der Waals surface area contributed by atoms with Gasteiger partial charge in [-0.2, -0.15) is 0 Å². The van der Waals surface area contributed by atoms with Crippen LogP contribution in [-0.2, 0) is 14.8 Å². The van der Waals surface area contributed by atoms with Gasteiger partial charge in [0.15, 0.2) is 0 Å². The largest absolute Gasteiger partial charge is 0.394 e. The Bertz CT molecular complexity index is 902. The molecule has 4 atom stereocenters. The third-order valence-electron chi connectivity index (χ3n) is 5.73. The minimum atomic E-state index is -3.63. The van der Waals surface area contributed by atoms with Crippen molar-refractivity contribution < 1.29 is 23.4 Å². The van der Waals surface area contributed by atoms with E-state index < -0.39 is 28.3 Å². The van der Waals surface area contributed by atoms with Gasteiger partial charge in [0.1, 0.15) is 16.4 Å². The fourth-order valence-electron chi connectivity index (χ4n) is 4.19. The van der Waals surface area contributed by atoms with E-state index in [4.69, 9.17) is 4.74 Å². The van der Waals surface area contributed by atoms with Gasteiger partial charge in [-0.05, 0) is 23.6 Å². The Morgan fingerprint density at radius 1 is 1.07 bits per heavy atom. The summed E-state index contributed by atoms with van der Waals surface area (Å²) in [5, 5.41) is 22.1. The van der Waals surface area contributed by atoms with Crippen LogP contribution in [0.3, 0.4) is 0 Å². The van der Waals surface area contributed by atoms with E-state index in [2.05, 4.69) is 26.7 Å².